The molecule has 1 fully saturated rings. The van der Waals surface area contributed by atoms with Gasteiger partial charge in [0.25, 0.3) is 5.91 Å². The Kier molecular flexibility index (Phi) is 4.42. The molecule has 0 spiro atoms. The summed E-state index contributed by atoms with van der Waals surface area (Å²) in [6.07, 6.45) is 3.41. The number of hydrogen-bond donors (Lipinski definition) is 1. The number of ketones is 1. The first kappa shape index (κ1) is 17.6. The highest BCUT2D eigenvalue weighted by Crippen LogP contribution is 2.51. The number of nitrogens with one attached hydrogen (secondary N) is 1. The zero-order valence-corrected chi connectivity index (χ0v) is 13.5. The summed E-state index contributed by atoms with van der Waals surface area (Å²) in [5.41, 5.74) is -3.85. The van der Waals surface area contributed by atoms with Crippen LogP contribution in [0.4, 0.5) is 0 Å². The molecule has 128 valence electrons. The van der Waals surface area contributed by atoms with E-state index in [-0.39, 0.29) is 12.0 Å². The number of esters is 2. The molecular weight excluding hydrogens is 318 g/mol. The van der Waals surface area contributed by atoms with Gasteiger partial charge in [0.15, 0.2) is 0 Å². The summed E-state index contributed by atoms with van der Waals surface area (Å²) in [5.74, 6) is -3.84. The maximum atomic E-state index is 12.5. The maximum absolute atomic E-state index is 12.5. The van der Waals surface area contributed by atoms with Crippen LogP contribution in [0.5, 0.6) is 0 Å². The van der Waals surface area contributed by atoms with Crippen LogP contribution in [0, 0.1) is 5.41 Å². The van der Waals surface area contributed by atoms with Crippen LogP contribution in [0.3, 0.4) is 0 Å². The average molecular weight is 335 g/mol. The van der Waals surface area contributed by atoms with Crippen LogP contribution in [0.1, 0.15) is 26.7 Å². The smallest absolute Gasteiger partial charge is 0.335 e. The van der Waals surface area contributed by atoms with E-state index < -0.39 is 47.0 Å². The predicted molar refractivity (Wildman–Crippen MR) is 79.2 cm³/mol. The Hall–Kier alpha value is -2.77. The fourth-order valence-electron chi connectivity index (χ4n) is 3.18. The van der Waals surface area contributed by atoms with E-state index >= 15 is 0 Å². The van der Waals surface area contributed by atoms with E-state index in [4.69, 9.17) is 9.47 Å². The molecule has 8 nitrogen and oxygen atoms in total. The van der Waals surface area contributed by atoms with Gasteiger partial charge in [-0.2, -0.15) is 0 Å². The van der Waals surface area contributed by atoms with Crippen molar-refractivity contribution in [3.8, 4) is 0 Å². The molecule has 0 aromatic carbocycles. The number of rotatable bonds is 5. The lowest BCUT2D eigenvalue weighted by atomic mass is 9.64. The predicted octanol–water partition coefficient (Wildman–Crippen LogP) is -0.0305. The van der Waals surface area contributed by atoms with Crippen LogP contribution in [0.2, 0.25) is 0 Å². The molecule has 24 heavy (non-hydrogen) atoms. The largest absolute Gasteiger partial charge is 0.466 e. The second-order valence-corrected chi connectivity index (χ2v) is 5.56. The van der Waals surface area contributed by atoms with Gasteiger partial charge in [-0.3, -0.25) is 24.5 Å². The van der Waals surface area contributed by atoms with Crippen molar-refractivity contribution in [2.75, 3.05) is 7.11 Å². The molecular formula is C16H17NO7. The quantitative estimate of drug-likeness (QED) is 0.426. The number of hydrogen-bond acceptors (Lipinski definition) is 7. The molecule has 1 aliphatic carbocycles. The first-order valence-electron chi connectivity index (χ1n) is 7.30. The first-order chi connectivity index (χ1) is 11.2. The third kappa shape index (κ3) is 2.26. The minimum Gasteiger partial charge on any atom is -0.466 e. The van der Waals surface area contributed by atoms with Gasteiger partial charge in [-0.25, -0.2) is 4.79 Å². The Morgan fingerprint density at radius 3 is 2.42 bits per heavy atom. The van der Waals surface area contributed by atoms with E-state index in [0.29, 0.717) is 0 Å². The van der Waals surface area contributed by atoms with Gasteiger partial charge < -0.3 is 9.47 Å². The van der Waals surface area contributed by atoms with Crippen LogP contribution in [-0.2, 0) is 33.4 Å². The van der Waals surface area contributed by atoms with Crippen molar-refractivity contribution in [2.45, 2.75) is 32.3 Å². The Bertz CT molecular complexity index is 705. The van der Waals surface area contributed by atoms with E-state index in [0.717, 1.165) is 7.11 Å². The standard InChI is InChI=1S/C16H17NO7/c1-4-15-10(12(20)23-3)6-5-7-16(15,14(22)17-13(15)21)24-11(19)8-9(2)18/h5-7H,4,8H2,1-3H3,(H,17,21,22). The number of carbonyl (C=O) groups excluding carboxylic acids is 5. The fraction of sp³-hybridized carbons (Fsp3) is 0.438. The average Bonchev–Trinajstić information content (AvgIpc) is 2.73. The van der Waals surface area contributed by atoms with Gasteiger partial charge in [0.05, 0.1) is 12.7 Å². The molecule has 1 saturated heterocycles. The molecule has 0 bridgehead atoms. The van der Waals surface area contributed by atoms with Crippen LogP contribution >= 0.6 is 0 Å². The molecule has 0 radical (unpaired) electrons. The molecule has 2 amide bonds. The lowest BCUT2D eigenvalue weighted by Gasteiger charge is -2.40. The van der Waals surface area contributed by atoms with Crippen LogP contribution in [0.15, 0.2) is 23.8 Å². The van der Waals surface area contributed by atoms with Gasteiger partial charge in [-0.15, -0.1) is 0 Å². The molecule has 2 atom stereocenters. The van der Waals surface area contributed by atoms with Crippen LogP contribution in [0.25, 0.3) is 0 Å². The van der Waals surface area contributed by atoms with Crippen molar-refractivity contribution in [1.82, 2.24) is 5.32 Å². The van der Waals surface area contributed by atoms with Crippen molar-refractivity contribution < 1.29 is 33.4 Å². The lowest BCUT2D eigenvalue weighted by Crippen LogP contribution is -2.56. The van der Waals surface area contributed by atoms with E-state index in [2.05, 4.69) is 5.32 Å². The number of methoxy groups -OCH3 is 1. The number of amides is 2. The zero-order valence-electron chi connectivity index (χ0n) is 13.5. The molecule has 2 rings (SSSR count). The molecule has 2 unspecified atom stereocenters. The number of allylic oxidation sites excluding steroid dienone is 2. The second-order valence-electron chi connectivity index (χ2n) is 5.56. The molecule has 1 heterocycles. The Labute approximate surface area is 137 Å². The van der Waals surface area contributed by atoms with Gasteiger partial charge >= 0.3 is 11.9 Å². The third-order valence-corrected chi connectivity index (χ3v) is 4.24. The van der Waals surface area contributed by atoms with Crippen molar-refractivity contribution >= 4 is 29.5 Å². The Morgan fingerprint density at radius 1 is 1.21 bits per heavy atom. The van der Waals surface area contributed by atoms with Gasteiger partial charge in [-0.05, 0) is 19.4 Å². The normalized spacial score (nSPS) is 27.9. The maximum Gasteiger partial charge on any atom is 0.335 e. The fourth-order valence-corrected chi connectivity index (χ4v) is 3.18. The highest BCUT2D eigenvalue weighted by Gasteiger charge is 2.70. The molecule has 2 aliphatic rings. The second kappa shape index (κ2) is 6.03. The number of fused-ring (bicyclic) bond motifs is 1. The van der Waals surface area contributed by atoms with Crippen molar-refractivity contribution in [1.29, 1.82) is 0 Å². The van der Waals surface area contributed by atoms with Crippen molar-refractivity contribution in [2.24, 2.45) is 5.41 Å². The molecule has 0 saturated carbocycles. The molecule has 8 heteroatoms. The highest BCUT2D eigenvalue weighted by molar-refractivity contribution is 6.19. The summed E-state index contributed by atoms with van der Waals surface area (Å²) in [6.45, 7) is 2.78. The summed E-state index contributed by atoms with van der Waals surface area (Å²) in [6, 6.07) is 0. The van der Waals surface area contributed by atoms with E-state index in [9.17, 15) is 24.0 Å². The topological polar surface area (TPSA) is 116 Å². The number of Topliss-reactive ketones (excluding diaryl/α,β-unsaturated/α-hetero) is 1. The molecule has 1 aliphatic heterocycles. The molecule has 0 aromatic heterocycles. The minimum absolute atomic E-state index is 0.00317. The van der Waals surface area contributed by atoms with Gasteiger partial charge in [0.2, 0.25) is 11.5 Å². The van der Waals surface area contributed by atoms with Crippen molar-refractivity contribution in [3.63, 3.8) is 0 Å². The number of carbonyl (C=O) groups is 5. The highest BCUT2D eigenvalue weighted by atomic mass is 16.6. The van der Waals surface area contributed by atoms with E-state index in [1.807, 2.05) is 0 Å². The summed E-state index contributed by atoms with van der Waals surface area (Å²) >= 11 is 0. The summed E-state index contributed by atoms with van der Waals surface area (Å²) < 4.78 is 9.98. The van der Waals surface area contributed by atoms with E-state index in [1.54, 1.807) is 6.92 Å². The Morgan fingerprint density at radius 2 is 1.88 bits per heavy atom. The van der Waals surface area contributed by atoms with Gasteiger partial charge in [-0.1, -0.05) is 19.1 Å². The number of imide groups is 1. The third-order valence-electron chi connectivity index (χ3n) is 4.24. The van der Waals surface area contributed by atoms with Gasteiger partial charge in [0, 0.05) is 0 Å². The van der Waals surface area contributed by atoms with Crippen LogP contribution in [-0.4, -0.2) is 42.2 Å². The zero-order chi connectivity index (χ0) is 18.1. The van der Waals surface area contributed by atoms with E-state index in [1.165, 1.54) is 25.2 Å². The summed E-state index contributed by atoms with van der Waals surface area (Å²) in [5, 5.41) is 2.12. The monoisotopic (exact) mass is 335 g/mol. The molecule has 0 aromatic rings. The summed E-state index contributed by atoms with van der Waals surface area (Å²) in [4.78, 5) is 60.3. The number of ether oxygens (including phenoxy) is 2. The SMILES string of the molecule is CCC12C(=O)NC(=O)C1(OC(=O)CC(C)=O)C=CC=C2C(=O)OC. The first-order valence-corrected chi connectivity index (χ1v) is 7.30. The molecule has 1 N–H and O–H groups in total. The minimum atomic E-state index is -2.02. The van der Waals surface area contributed by atoms with Crippen molar-refractivity contribution in [3.05, 3.63) is 23.8 Å². The van der Waals surface area contributed by atoms with Gasteiger partial charge in [0.1, 0.15) is 17.6 Å². The van der Waals surface area contributed by atoms with Crippen LogP contribution < -0.4 is 5.32 Å². The lowest BCUT2D eigenvalue weighted by molar-refractivity contribution is -0.172. The summed E-state index contributed by atoms with van der Waals surface area (Å²) in [7, 11) is 1.14. The Balaban J connectivity index is 2.60.